The molecule has 0 fully saturated rings. The molecule has 0 aliphatic rings. The van der Waals surface area contributed by atoms with Crippen LogP contribution in [0.25, 0.3) is 0 Å². The first-order chi connectivity index (χ1) is 8.70. The molecule has 0 radical (unpaired) electrons. The topological polar surface area (TPSA) is 24.9 Å². The first-order valence-corrected chi connectivity index (χ1v) is 8.35. The lowest BCUT2D eigenvalue weighted by atomic mass is 10.3. The molecule has 18 heavy (non-hydrogen) atoms. The maximum absolute atomic E-state index is 4.65. The number of aromatic nitrogens is 1. The number of halogens is 1. The van der Waals surface area contributed by atoms with E-state index in [-0.39, 0.29) is 0 Å². The van der Waals surface area contributed by atoms with E-state index in [9.17, 15) is 0 Å². The summed E-state index contributed by atoms with van der Waals surface area (Å²) >= 11 is 7.11. The maximum Gasteiger partial charge on any atom is 0.103 e. The number of rotatable bonds is 5. The normalized spacial score (nSPS) is 12.6. The number of hydrogen-bond acceptors (Lipinski definition) is 4. The van der Waals surface area contributed by atoms with Crippen LogP contribution in [0, 0.1) is 0 Å². The fourth-order valence-corrected chi connectivity index (χ4v) is 3.91. The SMILES string of the molecule is CNC(C)c1csc(CSc2ccccc2Br)n1. The minimum Gasteiger partial charge on any atom is -0.312 e. The van der Waals surface area contributed by atoms with Crippen molar-refractivity contribution >= 4 is 39.0 Å². The van der Waals surface area contributed by atoms with Crippen LogP contribution in [0.1, 0.15) is 23.7 Å². The zero-order chi connectivity index (χ0) is 13.0. The summed E-state index contributed by atoms with van der Waals surface area (Å²) in [5.41, 5.74) is 1.13. The Hall–Kier alpha value is -0.360. The van der Waals surface area contributed by atoms with E-state index in [1.807, 2.05) is 24.9 Å². The van der Waals surface area contributed by atoms with Crippen LogP contribution in [0.3, 0.4) is 0 Å². The van der Waals surface area contributed by atoms with Crippen molar-refractivity contribution in [3.8, 4) is 0 Å². The molecule has 0 amide bonds. The second kappa shape index (κ2) is 6.70. The molecular weight excluding hydrogens is 328 g/mol. The molecule has 96 valence electrons. The Balaban J connectivity index is 1.98. The average Bonchev–Trinajstić information content (AvgIpc) is 2.86. The van der Waals surface area contributed by atoms with Crippen LogP contribution in [0.2, 0.25) is 0 Å². The van der Waals surface area contributed by atoms with Crippen LogP contribution in [-0.2, 0) is 5.75 Å². The maximum atomic E-state index is 4.65. The van der Waals surface area contributed by atoms with E-state index in [2.05, 4.69) is 56.7 Å². The number of hydrogen-bond donors (Lipinski definition) is 1. The number of nitrogens with zero attached hydrogens (tertiary/aromatic N) is 1. The van der Waals surface area contributed by atoms with E-state index >= 15 is 0 Å². The minimum atomic E-state index is 0.323. The van der Waals surface area contributed by atoms with E-state index in [1.54, 1.807) is 11.3 Å². The van der Waals surface area contributed by atoms with Crippen molar-refractivity contribution < 1.29 is 0 Å². The predicted octanol–water partition coefficient (Wildman–Crippen LogP) is 4.48. The fourth-order valence-electron chi connectivity index (χ4n) is 1.44. The molecular formula is C13H15BrN2S2. The van der Waals surface area contributed by atoms with E-state index in [4.69, 9.17) is 0 Å². The van der Waals surface area contributed by atoms with Crippen molar-refractivity contribution in [3.63, 3.8) is 0 Å². The van der Waals surface area contributed by atoms with Crippen molar-refractivity contribution in [2.24, 2.45) is 0 Å². The molecule has 1 atom stereocenters. The molecule has 1 N–H and O–H groups in total. The van der Waals surface area contributed by atoms with Gasteiger partial charge in [-0.1, -0.05) is 12.1 Å². The number of thiazole rings is 1. The van der Waals surface area contributed by atoms with Crippen LogP contribution in [-0.4, -0.2) is 12.0 Å². The molecule has 1 heterocycles. The second-order valence-electron chi connectivity index (χ2n) is 3.90. The molecule has 2 nitrogen and oxygen atoms in total. The molecule has 0 saturated carbocycles. The van der Waals surface area contributed by atoms with Crippen molar-refractivity contribution in [2.75, 3.05) is 7.05 Å². The summed E-state index contributed by atoms with van der Waals surface area (Å²) in [6.07, 6.45) is 0. The van der Waals surface area contributed by atoms with E-state index in [0.717, 1.165) is 15.9 Å². The Morgan fingerprint density at radius 1 is 1.44 bits per heavy atom. The number of nitrogens with one attached hydrogen (secondary N) is 1. The molecule has 0 saturated heterocycles. The first-order valence-electron chi connectivity index (χ1n) is 5.69. The lowest BCUT2D eigenvalue weighted by Gasteiger charge is -2.05. The highest BCUT2D eigenvalue weighted by Crippen LogP contribution is 2.30. The zero-order valence-electron chi connectivity index (χ0n) is 10.3. The summed E-state index contributed by atoms with van der Waals surface area (Å²) in [6, 6.07) is 8.61. The van der Waals surface area contributed by atoms with Gasteiger partial charge in [-0.25, -0.2) is 4.98 Å². The van der Waals surface area contributed by atoms with Gasteiger partial charge in [-0.05, 0) is 42.0 Å². The Kier molecular flexibility index (Phi) is 5.24. The van der Waals surface area contributed by atoms with Gasteiger partial charge >= 0.3 is 0 Å². The smallest absolute Gasteiger partial charge is 0.103 e. The number of benzene rings is 1. The average molecular weight is 343 g/mol. The second-order valence-corrected chi connectivity index (χ2v) is 6.71. The molecule has 1 aromatic carbocycles. The number of thioether (sulfide) groups is 1. The lowest BCUT2D eigenvalue weighted by molar-refractivity contribution is 0.635. The summed E-state index contributed by atoms with van der Waals surface area (Å²) in [6.45, 7) is 2.12. The first kappa shape index (κ1) is 14.1. The highest BCUT2D eigenvalue weighted by molar-refractivity contribution is 9.10. The third-order valence-corrected chi connectivity index (χ3v) is 5.72. The van der Waals surface area contributed by atoms with Crippen molar-refractivity contribution in [1.82, 2.24) is 10.3 Å². The molecule has 1 unspecified atom stereocenters. The van der Waals surface area contributed by atoms with Gasteiger partial charge in [0.2, 0.25) is 0 Å². The minimum absolute atomic E-state index is 0.323. The third-order valence-electron chi connectivity index (χ3n) is 2.63. The lowest BCUT2D eigenvalue weighted by Crippen LogP contribution is -2.12. The van der Waals surface area contributed by atoms with Gasteiger partial charge in [-0.2, -0.15) is 0 Å². The van der Waals surface area contributed by atoms with Crippen molar-refractivity contribution in [1.29, 1.82) is 0 Å². The monoisotopic (exact) mass is 342 g/mol. The molecule has 1 aromatic heterocycles. The molecule has 0 spiro atoms. The van der Waals surface area contributed by atoms with E-state index in [1.165, 1.54) is 9.90 Å². The van der Waals surface area contributed by atoms with Gasteiger partial charge in [0.15, 0.2) is 0 Å². The summed E-state index contributed by atoms with van der Waals surface area (Å²) in [5.74, 6) is 0.920. The predicted molar refractivity (Wildman–Crippen MR) is 83.3 cm³/mol. The van der Waals surface area contributed by atoms with Crippen molar-refractivity contribution in [3.05, 3.63) is 44.8 Å². The van der Waals surface area contributed by atoms with Gasteiger partial charge in [-0.3, -0.25) is 0 Å². The molecule has 0 aliphatic carbocycles. The van der Waals surface area contributed by atoms with Gasteiger partial charge in [-0.15, -0.1) is 23.1 Å². The standard InChI is InChI=1S/C13H15BrN2S2/c1-9(15-2)11-7-18-13(16-11)8-17-12-6-4-3-5-10(12)14/h3-7,9,15H,8H2,1-2H3. The molecule has 2 aromatic rings. The van der Waals surface area contributed by atoms with E-state index < -0.39 is 0 Å². The largest absolute Gasteiger partial charge is 0.312 e. The zero-order valence-corrected chi connectivity index (χ0v) is 13.5. The molecule has 0 bridgehead atoms. The Morgan fingerprint density at radius 3 is 2.94 bits per heavy atom. The summed E-state index contributed by atoms with van der Waals surface area (Å²) in [7, 11) is 1.96. The quantitative estimate of drug-likeness (QED) is 0.811. The summed E-state index contributed by atoms with van der Waals surface area (Å²) in [5, 5.41) is 6.52. The fraction of sp³-hybridized carbons (Fsp3) is 0.308. The Labute approximate surface area is 124 Å². The van der Waals surface area contributed by atoms with Gasteiger partial charge in [0.1, 0.15) is 5.01 Å². The van der Waals surface area contributed by atoms with Crippen LogP contribution in [0.15, 0.2) is 39.0 Å². The van der Waals surface area contributed by atoms with Gasteiger partial charge < -0.3 is 5.32 Å². The van der Waals surface area contributed by atoms with Gasteiger partial charge in [0.05, 0.1) is 11.4 Å². The van der Waals surface area contributed by atoms with Gasteiger partial charge in [0.25, 0.3) is 0 Å². The Bertz CT molecular complexity index is 513. The summed E-state index contributed by atoms with van der Waals surface area (Å²) < 4.78 is 1.15. The molecule has 2 rings (SSSR count). The Morgan fingerprint density at radius 2 is 2.22 bits per heavy atom. The summed E-state index contributed by atoms with van der Waals surface area (Å²) in [4.78, 5) is 5.91. The third kappa shape index (κ3) is 3.57. The van der Waals surface area contributed by atoms with Crippen LogP contribution >= 0.6 is 39.0 Å². The van der Waals surface area contributed by atoms with Crippen LogP contribution in [0.5, 0.6) is 0 Å². The van der Waals surface area contributed by atoms with Crippen LogP contribution < -0.4 is 5.32 Å². The highest BCUT2D eigenvalue weighted by atomic mass is 79.9. The highest BCUT2D eigenvalue weighted by Gasteiger charge is 2.08. The van der Waals surface area contributed by atoms with Gasteiger partial charge in [0, 0.05) is 20.8 Å². The van der Waals surface area contributed by atoms with Crippen LogP contribution in [0.4, 0.5) is 0 Å². The molecule has 5 heteroatoms. The molecule has 0 aliphatic heterocycles. The van der Waals surface area contributed by atoms with E-state index in [0.29, 0.717) is 6.04 Å². The van der Waals surface area contributed by atoms with Crippen molar-refractivity contribution in [2.45, 2.75) is 23.6 Å².